The first-order valence-electron chi connectivity index (χ1n) is 11.4. The van der Waals surface area contributed by atoms with Crippen molar-refractivity contribution in [3.8, 4) is 17.0 Å². The Kier molecular flexibility index (Phi) is 5.65. The molecule has 2 N–H and O–H groups in total. The van der Waals surface area contributed by atoms with Crippen LogP contribution in [0.3, 0.4) is 0 Å². The largest absolute Gasteiger partial charge is 0.494 e. The molecule has 1 aliphatic rings. The summed E-state index contributed by atoms with van der Waals surface area (Å²) in [6.45, 7) is 4.58. The van der Waals surface area contributed by atoms with Crippen molar-refractivity contribution in [1.29, 1.82) is 0 Å². The van der Waals surface area contributed by atoms with Crippen molar-refractivity contribution >= 4 is 22.4 Å². The van der Waals surface area contributed by atoms with Gasteiger partial charge in [0.1, 0.15) is 11.4 Å². The van der Waals surface area contributed by atoms with Crippen LogP contribution in [0.4, 0.5) is 0 Å². The molecule has 6 heteroatoms. The molecule has 0 saturated heterocycles. The first kappa shape index (κ1) is 20.9. The molecule has 6 nitrogen and oxygen atoms in total. The SMILES string of the molecule is CCOc1ccc(C(CC)=NNC(=O)c2cc(-c3ccc4c5c(cccc35)CC4)n[nH]2)cc1. The van der Waals surface area contributed by atoms with E-state index in [9.17, 15) is 4.79 Å². The van der Waals surface area contributed by atoms with Crippen LogP contribution in [0.1, 0.15) is 47.4 Å². The van der Waals surface area contributed by atoms with Gasteiger partial charge in [-0.15, -0.1) is 0 Å². The number of ether oxygens (including phenoxy) is 1. The number of amides is 1. The van der Waals surface area contributed by atoms with E-state index in [4.69, 9.17) is 4.74 Å². The van der Waals surface area contributed by atoms with Crippen molar-refractivity contribution in [2.45, 2.75) is 33.1 Å². The van der Waals surface area contributed by atoms with Crippen molar-refractivity contribution in [1.82, 2.24) is 15.6 Å². The number of aryl methyl sites for hydroxylation is 2. The first-order valence-corrected chi connectivity index (χ1v) is 11.4. The Morgan fingerprint density at radius 3 is 2.61 bits per heavy atom. The molecule has 0 fully saturated rings. The number of rotatable bonds is 7. The Morgan fingerprint density at radius 1 is 1.06 bits per heavy atom. The number of aromatic nitrogens is 2. The van der Waals surface area contributed by atoms with Crippen LogP contribution >= 0.6 is 0 Å². The van der Waals surface area contributed by atoms with Crippen LogP contribution in [0, 0.1) is 0 Å². The van der Waals surface area contributed by atoms with Gasteiger partial charge in [-0.2, -0.15) is 10.2 Å². The van der Waals surface area contributed by atoms with Gasteiger partial charge in [-0.1, -0.05) is 37.3 Å². The quantitative estimate of drug-likeness (QED) is 0.305. The van der Waals surface area contributed by atoms with Crippen LogP contribution in [-0.4, -0.2) is 28.4 Å². The lowest BCUT2D eigenvalue weighted by Crippen LogP contribution is -2.20. The summed E-state index contributed by atoms with van der Waals surface area (Å²) in [6.07, 6.45) is 2.84. The Morgan fingerprint density at radius 2 is 1.85 bits per heavy atom. The molecule has 1 aromatic heterocycles. The van der Waals surface area contributed by atoms with Gasteiger partial charge in [0.15, 0.2) is 0 Å². The fourth-order valence-corrected chi connectivity index (χ4v) is 4.48. The summed E-state index contributed by atoms with van der Waals surface area (Å²) >= 11 is 0. The minimum atomic E-state index is -0.323. The third-order valence-corrected chi connectivity index (χ3v) is 6.10. The molecule has 0 spiro atoms. The highest BCUT2D eigenvalue weighted by Gasteiger charge is 2.18. The fraction of sp³-hybridized carbons (Fsp3) is 0.222. The molecule has 3 aromatic carbocycles. The monoisotopic (exact) mass is 438 g/mol. The number of hydrogen-bond donors (Lipinski definition) is 2. The smallest absolute Gasteiger partial charge is 0.289 e. The summed E-state index contributed by atoms with van der Waals surface area (Å²) in [7, 11) is 0. The molecule has 0 bridgehead atoms. The van der Waals surface area contributed by atoms with E-state index in [1.165, 1.54) is 21.9 Å². The zero-order chi connectivity index (χ0) is 22.8. The summed E-state index contributed by atoms with van der Waals surface area (Å²) in [5.41, 5.74) is 9.32. The molecule has 1 aliphatic carbocycles. The highest BCUT2D eigenvalue weighted by molar-refractivity contribution is 6.03. The van der Waals surface area contributed by atoms with Crippen LogP contribution in [0.2, 0.25) is 0 Å². The number of carbonyl (C=O) groups is 1. The summed E-state index contributed by atoms with van der Waals surface area (Å²) < 4.78 is 5.49. The van der Waals surface area contributed by atoms with Gasteiger partial charge in [-0.05, 0) is 84.0 Å². The van der Waals surface area contributed by atoms with Gasteiger partial charge in [-0.3, -0.25) is 9.89 Å². The van der Waals surface area contributed by atoms with Crippen molar-refractivity contribution in [3.05, 3.63) is 83.0 Å². The van der Waals surface area contributed by atoms with Gasteiger partial charge in [0.05, 0.1) is 18.0 Å². The Labute approximate surface area is 192 Å². The molecule has 1 heterocycles. The topological polar surface area (TPSA) is 79.4 Å². The molecule has 0 radical (unpaired) electrons. The summed E-state index contributed by atoms with van der Waals surface area (Å²) in [4.78, 5) is 12.8. The van der Waals surface area contributed by atoms with E-state index in [0.717, 1.165) is 41.1 Å². The van der Waals surface area contributed by atoms with Gasteiger partial charge in [0.25, 0.3) is 5.91 Å². The Bertz CT molecular complexity index is 1340. The number of carbonyl (C=O) groups excluding carboxylic acids is 1. The van der Waals surface area contributed by atoms with E-state index in [2.05, 4.69) is 51.1 Å². The maximum Gasteiger partial charge on any atom is 0.289 e. The van der Waals surface area contributed by atoms with Gasteiger partial charge in [0, 0.05) is 5.56 Å². The number of hydrogen-bond acceptors (Lipinski definition) is 4. The van der Waals surface area contributed by atoms with Crippen molar-refractivity contribution in [2.24, 2.45) is 5.10 Å². The van der Waals surface area contributed by atoms with Crippen molar-refractivity contribution in [2.75, 3.05) is 6.61 Å². The second-order valence-corrected chi connectivity index (χ2v) is 8.09. The maximum atomic E-state index is 12.8. The first-order chi connectivity index (χ1) is 16.2. The molecule has 5 rings (SSSR count). The summed E-state index contributed by atoms with van der Waals surface area (Å²) in [6, 6.07) is 20.2. The number of hydrazone groups is 1. The molecular weight excluding hydrogens is 412 g/mol. The average Bonchev–Trinajstić information content (AvgIpc) is 3.50. The lowest BCUT2D eigenvalue weighted by atomic mass is 9.98. The molecule has 0 atom stereocenters. The van der Waals surface area contributed by atoms with Crippen LogP contribution in [0.25, 0.3) is 22.0 Å². The van der Waals surface area contributed by atoms with Gasteiger partial charge in [0.2, 0.25) is 0 Å². The van der Waals surface area contributed by atoms with E-state index in [-0.39, 0.29) is 5.91 Å². The third-order valence-electron chi connectivity index (χ3n) is 6.10. The van der Waals surface area contributed by atoms with E-state index < -0.39 is 0 Å². The molecule has 1 amide bonds. The van der Waals surface area contributed by atoms with Gasteiger partial charge < -0.3 is 4.74 Å². The zero-order valence-electron chi connectivity index (χ0n) is 18.8. The highest BCUT2D eigenvalue weighted by Crippen LogP contribution is 2.36. The number of benzene rings is 3. The molecule has 166 valence electrons. The van der Waals surface area contributed by atoms with E-state index in [0.29, 0.717) is 18.7 Å². The second kappa shape index (κ2) is 8.90. The normalized spacial score (nSPS) is 12.8. The molecule has 0 saturated carbocycles. The number of aromatic amines is 1. The van der Waals surface area contributed by atoms with E-state index in [1.807, 2.05) is 38.1 Å². The molecule has 33 heavy (non-hydrogen) atoms. The minimum Gasteiger partial charge on any atom is -0.494 e. The lowest BCUT2D eigenvalue weighted by Gasteiger charge is -2.07. The van der Waals surface area contributed by atoms with E-state index >= 15 is 0 Å². The van der Waals surface area contributed by atoms with Gasteiger partial charge in [-0.25, -0.2) is 5.43 Å². The Balaban J connectivity index is 1.36. The molecule has 0 aliphatic heterocycles. The standard InChI is InChI=1S/C27H26N4O2/c1-3-23(17-10-13-20(14-11-17)33-4-2)28-31-27(32)25-16-24(29-30-25)21-15-12-19-9-8-18-6-5-7-22(21)26(18)19/h5-7,10-16H,3-4,8-9H2,1-2H3,(H,29,30)(H,31,32). The third kappa shape index (κ3) is 4.00. The van der Waals surface area contributed by atoms with Crippen LogP contribution in [0.5, 0.6) is 5.75 Å². The van der Waals surface area contributed by atoms with Crippen LogP contribution < -0.4 is 10.2 Å². The highest BCUT2D eigenvalue weighted by atomic mass is 16.5. The lowest BCUT2D eigenvalue weighted by molar-refractivity contribution is 0.0950. The van der Waals surface area contributed by atoms with Crippen molar-refractivity contribution in [3.63, 3.8) is 0 Å². The summed E-state index contributed by atoms with van der Waals surface area (Å²) in [5.74, 6) is 0.491. The zero-order valence-corrected chi connectivity index (χ0v) is 18.8. The van der Waals surface area contributed by atoms with Gasteiger partial charge >= 0.3 is 0 Å². The molecule has 0 unspecified atom stereocenters. The minimum absolute atomic E-state index is 0.323. The maximum absolute atomic E-state index is 12.8. The second-order valence-electron chi connectivity index (χ2n) is 8.09. The number of nitrogens with zero attached hydrogens (tertiary/aromatic N) is 2. The van der Waals surface area contributed by atoms with Crippen LogP contribution in [-0.2, 0) is 12.8 Å². The Hall–Kier alpha value is -3.93. The summed E-state index contributed by atoms with van der Waals surface area (Å²) in [5, 5.41) is 14.2. The number of H-pyrrole nitrogens is 1. The molecule has 4 aromatic rings. The van der Waals surface area contributed by atoms with Crippen LogP contribution in [0.15, 0.2) is 65.8 Å². The van der Waals surface area contributed by atoms with Crippen molar-refractivity contribution < 1.29 is 9.53 Å². The van der Waals surface area contributed by atoms with E-state index in [1.54, 1.807) is 6.07 Å². The molecular formula is C27H26N4O2. The predicted molar refractivity (Wildman–Crippen MR) is 131 cm³/mol. The fourth-order valence-electron chi connectivity index (χ4n) is 4.48. The number of nitrogens with one attached hydrogen (secondary N) is 2. The predicted octanol–water partition coefficient (Wildman–Crippen LogP) is 5.27. The average molecular weight is 439 g/mol.